The minimum absolute atomic E-state index is 0.355. The molecule has 3 heteroatoms. The maximum Gasteiger partial charge on any atom is 0.108 e. The molecule has 1 rings (SSSR count). The Balaban J connectivity index is 2.54. The number of nitrogens with one attached hydrogen (secondary N) is 1. The van der Waals surface area contributed by atoms with Crippen molar-refractivity contribution >= 4 is 0 Å². The van der Waals surface area contributed by atoms with Crippen LogP contribution in [0.15, 0.2) is 12.4 Å². The van der Waals surface area contributed by atoms with Crippen LogP contribution in [-0.2, 0) is 13.5 Å². The van der Waals surface area contributed by atoms with E-state index in [1.54, 1.807) is 0 Å². The molecule has 0 aromatic carbocycles. The van der Waals surface area contributed by atoms with Crippen LogP contribution >= 0.6 is 0 Å². The zero-order valence-electron chi connectivity index (χ0n) is 11.2. The largest absolute Gasteiger partial charge is 0.338 e. The van der Waals surface area contributed by atoms with Gasteiger partial charge in [-0.1, -0.05) is 20.8 Å². The van der Waals surface area contributed by atoms with Crippen LogP contribution in [0, 0.1) is 11.3 Å². The second-order valence-electron chi connectivity index (χ2n) is 5.61. The highest BCUT2D eigenvalue weighted by Crippen LogP contribution is 2.29. The van der Waals surface area contributed by atoms with Gasteiger partial charge in [0.05, 0.1) is 0 Å². The molecule has 0 bridgehead atoms. The molecular formula is C13H25N3. The standard InChI is InChI=1S/C13H25N3/c1-13(2,3)11(10-14-4)6-7-12-15-8-9-16(12)5/h8-9,11,14H,6-7,10H2,1-5H3. The Kier molecular flexibility index (Phi) is 4.54. The molecule has 0 aliphatic rings. The second kappa shape index (κ2) is 5.48. The van der Waals surface area contributed by atoms with Crippen LogP contribution in [0.3, 0.4) is 0 Å². The quantitative estimate of drug-likeness (QED) is 0.829. The van der Waals surface area contributed by atoms with Crippen LogP contribution in [0.5, 0.6) is 0 Å². The third kappa shape index (κ3) is 3.63. The van der Waals surface area contributed by atoms with Crippen LogP contribution < -0.4 is 5.32 Å². The Morgan fingerprint density at radius 3 is 2.56 bits per heavy atom. The summed E-state index contributed by atoms with van der Waals surface area (Å²) in [4.78, 5) is 4.37. The van der Waals surface area contributed by atoms with Gasteiger partial charge in [-0.3, -0.25) is 0 Å². The molecule has 0 radical (unpaired) electrons. The third-order valence-corrected chi connectivity index (χ3v) is 3.31. The van der Waals surface area contributed by atoms with E-state index < -0.39 is 0 Å². The summed E-state index contributed by atoms with van der Waals surface area (Å²) in [6, 6.07) is 0. The van der Waals surface area contributed by atoms with E-state index in [9.17, 15) is 0 Å². The van der Waals surface area contributed by atoms with Crippen LogP contribution in [-0.4, -0.2) is 23.1 Å². The zero-order chi connectivity index (χ0) is 12.2. The van der Waals surface area contributed by atoms with E-state index in [4.69, 9.17) is 0 Å². The van der Waals surface area contributed by atoms with E-state index in [0.717, 1.165) is 13.0 Å². The summed E-state index contributed by atoms with van der Waals surface area (Å²) in [5.74, 6) is 1.87. The molecule has 1 aromatic rings. The Bertz CT molecular complexity index is 309. The Hall–Kier alpha value is -0.830. The van der Waals surface area contributed by atoms with Gasteiger partial charge in [0.1, 0.15) is 5.82 Å². The predicted molar refractivity (Wildman–Crippen MR) is 68.4 cm³/mol. The predicted octanol–water partition coefficient (Wildman–Crippen LogP) is 2.23. The summed E-state index contributed by atoms with van der Waals surface area (Å²) in [6.45, 7) is 8.02. The molecule has 92 valence electrons. The summed E-state index contributed by atoms with van der Waals surface area (Å²) in [7, 11) is 4.09. The fraction of sp³-hybridized carbons (Fsp3) is 0.769. The van der Waals surface area contributed by atoms with Gasteiger partial charge in [-0.05, 0) is 31.3 Å². The fourth-order valence-electron chi connectivity index (χ4n) is 2.03. The molecule has 1 aromatic heterocycles. The average molecular weight is 223 g/mol. The SMILES string of the molecule is CNCC(CCc1nccn1C)C(C)(C)C. The first-order valence-corrected chi connectivity index (χ1v) is 6.06. The summed E-state index contributed by atoms with van der Waals surface area (Å²) in [6.07, 6.45) is 6.14. The molecule has 1 atom stereocenters. The Labute approximate surface area is 99.3 Å². The molecule has 0 amide bonds. The summed E-state index contributed by atoms with van der Waals surface area (Å²) in [5, 5.41) is 3.29. The van der Waals surface area contributed by atoms with E-state index in [1.807, 2.05) is 19.4 Å². The van der Waals surface area contributed by atoms with Gasteiger partial charge in [0, 0.05) is 25.9 Å². The van der Waals surface area contributed by atoms with Gasteiger partial charge in [0.25, 0.3) is 0 Å². The number of aromatic nitrogens is 2. The van der Waals surface area contributed by atoms with Crippen molar-refractivity contribution in [2.75, 3.05) is 13.6 Å². The van der Waals surface area contributed by atoms with Crippen LogP contribution in [0.4, 0.5) is 0 Å². The topological polar surface area (TPSA) is 29.9 Å². The highest BCUT2D eigenvalue weighted by molar-refractivity contribution is 4.92. The average Bonchev–Trinajstić information content (AvgIpc) is 2.57. The normalized spacial score (nSPS) is 14.1. The van der Waals surface area contributed by atoms with Gasteiger partial charge < -0.3 is 9.88 Å². The number of aryl methyl sites for hydroxylation is 2. The van der Waals surface area contributed by atoms with Crippen molar-refractivity contribution in [2.45, 2.75) is 33.6 Å². The molecule has 0 spiro atoms. The lowest BCUT2D eigenvalue weighted by atomic mass is 9.78. The van der Waals surface area contributed by atoms with Crippen molar-refractivity contribution in [2.24, 2.45) is 18.4 Å². The van der Waals surface area contributed by atoms with Crippen molar-refractivity contribution in [3.05, 3.63) is 18.2 Å². The third-order valence-electron chi connectivity index (χ3n) is 3.31. The van der Waals surface area contributed by atoms with E-state index in [0.29, 0.717) is 11.3 Å². The lowest BCUT2D eigenvalue weighted by Gasteiger charge is -2.30. The number of imidazole rings is 1. The highest BCUT2D eigenvalue weighted by atomic mass is 15.0. The van der Waals surface area contributed by atoms with Crippen LogP contribution in [0.1, 0.15) is 33.0 Å². The van der Waals surface area contributed by atoms with Crippen molar-refractivity contribution in [3.63, 3.8) is 0 Å². The summed E-state index contributed by atoms with van der Waals surface area (Å²) in [5.41, 5.74) is 0.355. The zero-order valence-corrected chi connectivity index (χ0v) is 11.2. The van der Waals surface area contributed by atoms with Gasteiger partial charge >= 0.3 is 0 Å². The van der Waals surface area contributed by atoms with Crippen LogP contribution in [0.2, 0.25) is 0 Å². The number of rotatable bonds is 5. The molecular weight excluding hydrogens is 198 g/mol. The van der Waals surface area contributed by atoms with Gasteiger partial charge in [0.2, 0.25) is 0 Å². The van der Waals surface area contributed by atoms with Gasteiger partial charge in [-0.15, -0.1) is 0 Å². The van der Waals surface area contributed by atoms with E-state index in [2.05, 4.69) is 42.7 Å². The lowest BCUT2D eigenvalue weighted by Crippen LogP contribution is -2.30. The Morgan fingerprint density at radius 1 is 1.44 bits per heavy atom. The second-order valence-corrected chi connectivity index (χ2v) is 5.61. The Morgan fingerprint density at radius 2 is 2.12 bits per heavy atom. The van der Waals surface area contributed by atoms with Gasteiger partial charge in [-0.2, -0.15) is 0 Å². The minimum atomic E-state index is 0.355. The first-order chi connectivity index (χ1) is 7.45. The molecule has 0 aliphatic carbocycles. The molecule has 0 saturated heterocycles. The van der Waals surface area contributed by atoms with Crippen molar-refractivity contribution in [1.29, 1.82) is 0 Å². The molecule has 0 fully saturated rings. The van der Waals surface area contributed by atoms with Crippen molar-refractivity contribution in [3.8, 4) is 0 Å². The fourth-order valence-corrected chi connectivity index (χ4v) is 2.03. The van der Waals surface area contributed by atoms with Gasteiger partial charge in [-0.25, -0.2) is 4.98 Å². The molecule has 0 aliphatic heterocycles. The summed E-state index contributed by atoms with van der Waals surface area (Å²) >= 11 is 0. The lowest BCUT2D eigenvalue weighted by molar-refractivity contribution is 0.221. The van der Waals surface area contributed by atoms with Crippen molar-refractivity contribution in [1.82, 2.24) is 14.9 Å². The highest BCUT2D eigenvalue weighted by Gasteiger charge is 2.23. The smallest absolute Gasteiger partial charge is 0.108 e. The molecule has 1 heterocycles. The van der Waals surface area contributed by atoms with Gasteiger partial charge in [0.15, 0.2) is 0 Å². The first kappa shape index (κ1) is 13.2. The number of hydrogen-bond acceptors (Lipinski definition) is 2. The minimum Gasteiger partial charge on any atom is -0.338 e. The van der Waals surface area contributed by atoms with Crippen LogP contribution in [0.25, 0.3) is 0 Å². The van der Waals surface area contributed by atoms with E-state index >= 15 is 0 Å². The van der Waals surface area contributed by atoms with E-state index in [1.165, 1.54) is 12.2 Å². The summed E-state index contributed by atoms with van der Waals surface area (Å²) < 4.78 is 2.11. The van der Waals surface area contributed by atoms with E-state index in [-0.39, 0.29) is 0 Å². The molecule has 1 N–H and O–H groups in total. The molecule has 16 heavy (non-hydrogen) atoms. The maximum absolute atomic E-state index is 4.37. The first-order valence-electron chi connectivity index (χ1n) is 6.06. The molecule has 0 saturated carbocycles. The monoisotopic (exact) mass is 223 g/mol. The van der Waals surface area contributed by atoms with Crippen molar-refractivity contribution < 1.29 is 0 Å². The maximum atomic E-state index is 4.37. The number of hydrogen-bond donors (Lipinski definition) is 1. The number of nitrogens with zero attached hydrogens (tertiary/aromatic N) is 2. The molecule has 3 nitrogen and oxygen atoms in total. The molecule has 1 unspecified atom stereocenters.